The van der Waals surface area contributed by atoms with Crippen LogP contribution in [-0.2, 0) is 13.1 Å². The van der Waals surface area contributed by atoms with Gasteiger partial charge in [0.1, 0.15) is 12.4 Å². The van der Waals surface area contributed by atoms with Crippen LogP contribution in [-0.4, -0.2) is 69.2 Å². The van der Waals surface area contributed by atoms with Gasteiger partial charge in [0.25, 0.3) is 0 Å². The Labute approximate surface area is 187 Å². The van der Waals surface area contributed by atoms with Gasteiger partial charge in [0.15, 0.2) is 5.96 Å². The largest absolute Gasteiger partial charge is 0.492 e. The van der Waals surface area contributed by atoms with Crippen LogP contribution >= 0.6 is 0 Å². The van der Waals surface area contributed by atoms with Gasteiger partial charge in [-0.2, -0.15) is 0 Å². The molecule has 168 valence electrons. The fourth-order valence-corrected chi connectivity index (χ4v) is 3.86. The maximum absolute atomic E-state index is 5.85. The topological polar surface area (TPSA) is 52.1 Å². The van der Waals surface area contributed by atoms with Crippen molar-refractivity contribution in [3.05, 3.63) is 65.7 Å². The van der Waals surface area contributed by atoms with E-state index in [-0.39, 0.29) is 0 Å². The average molecular weight is 424 g/mol. The molecule has 0 bridgehead atoms. The van der Waals surface area contributed by atoms with Gasteiger partial charge in [-0.15, -0.1) is 0 Å². The Hall–Kier alpha value is -2.57. The number of hydrogen-bond acceptors (Lipinski definition) is 4. The van der Waals surface area contributed by atoms with Gasteiger partial charge in [0.05, 0.1) is 0 Å². The SMILES string of the molecule is CN=C(NCc1cccc(OCCN(C)C)c1)NCC1CCCN1Cc1ccccc1. The van der Waals surface area contributed by atoms with Gasteiger partial charge in [0.2, 0.25) is 0 Å². The van der Waals surface area contributed by atoms with Crippen LogP contribution in [0.5, 0.6) is 5.75 Å². The van der Waals surface area contributed by atoms with Gasteiger partial charge in [-0.25, -0.2) is 0 Å². The first-order chi connectivity index (χ1) is 15.1. The molecule has 1 fully saturated rings. The molecule has 0 saturated carbocycles. The van der Waals surface area contributed by atoms with Crippen LogP contribution in [0.1, 0.15) is 24.0 Å². The number of nitrogens with one attached hydrogen (secondary N) is 2. The fourth-order valence-electron chi connectivity index (χ4n) is 3.86. The number of guanidine groups is 1. The van der Waals surface area contributed by atoms with Gasteiger partial charge in [-0.3, -0.25) is 9.89 Å². The zero-order valence-corrected chi connectivity index (χ0v) is 19.2. The van der Waals surface area contributed by atoms with Crippen LogP contribution in [0.3, 0.4) is 0 Å². The van der Waals surface area contributed by atoms with E-state index in [1.54, 1.807) is 0 Å². The van der Waals surface area contributed by atoms with E-state index in [0.29, 0.717) is 19.2 Å². The van der Waals surface area contributed by atoms with E-state index in [0.717, 1.165) is 37.9 Å². The van der Waals surface area contributed by atoms with Crippen LogP contribution in [0.4, 0.5) is 0 Å². The molecule has 1 heterocycles. The molecule has 6 nitrogen and oxygen atoms in total. The van der Waals surface area contributed by atoms with Crippen molar-refractivity contribution in [1.82, 2.24) is 20.4 Å². The zero-order valence-electron chi connectivity index (χ0n) is 19.2. The molecule has 0 aromatic heterocycles. The highest BCUT2D eigenvalue weighted by atomic mass is 16.5. The predicted molar refractivity (Wildman–Crippen MR) is 129 cm³/mol. The molecule has 2 aromatic carbocycles. The summed E-state index contributed by atoms with van der Waals surface area (Å²) in [4.78, 5) is 9.09. The third-order valence-electron chi connectivity index (χ3n) is 5.62. The minimum absolute atomic E-state index is 0.534. The molecule has 1 unspecified atom stereocenters. The molecule has 1 aliphatic heterocycles. The summed E-state index contributed by atoms with van der Waals surface area (Å²) in [7, 11) is 5.93. The second kappa shape index (κ2) is 12.3. The van der Waals surface area contributed by atoms with E-state index in [1.807, 2.05) is 19.2 Å². The molecule has 1 saturated heterocycles. The number of aliphatic imine (C=N–C) groups is 1. The van der Waals surface area contributed by atoms with Crippen LogP contribution in [0.2, 0.25) is 0 Å². The standard InChI is InChI=1S/C25H37N5O/c1-26-25(27-18-22-11-7-13-24(17-22)31-16-15-29(2)3)28-19-23-12-8-14-30(23)20-21-9-5-4-6-10-21/h4-7,9-11,13,17,23H,8,12,14-16,18-20H2,1-3H3,(H2,26,27,28). The second-order valence-electron chi connectivity index (χ2n) is 8.36. The predicted octanol–water partition coefficient (Wildman–Crippen LogP) is 2.96. The highest BCUT2D eigenvalue weighted by Crippen LogP contribution is 2.19. The van der Waals surface area contributed by atoms with E-state index in [9.17, 15) is 0 Å². The lowest BCUT2D eigenvalue weighted by Gasteiger charge is -2.25. The van der Waals surface area contributed by atoms with E-state index >= 15 is 0 Å². The zero-order chi connectivity index (χ0) is 21.9. The third kappa shape index (κ3) is 7.89. The molecule has 2 aromatic rings. The lowest BCUT2D eigenvalue weighted by molar-refractivity contribution is 0.245. The van der Waals surface area contributed by atoms with Crippen LogP contribution < -0.4 is 15.4 Å². The lowest BCUT2D eigenvalue weighted by Crippen LogP contribution is -2.44. The van der Waals surface area contributed by atoms with E-state index in [1.165, 1.54) is 24.0 Å². The van der Waals surface area contributed by atoms with Crippen molar-refractivity contribution < 1.29 is 4.74 Å². The van der Waals surface area contributed by atoms with Crippen molar-refractivity contribution >= 4 is 5.96 Å². The van der Waals surface area contributed by atoms with Gasteiger partial charge in [0, 0.05) is 39.3 Å². The fraction of sp³-hybridized carbons (Fsp3) is 0.480. The van der Waals surface area contributed by atoms with E-state index in [2.05, 4.69) is 82.0 Å². The Balaban J connectivity index is 1.44. The van der Waals surface area contributed by atoms with Crippen LogP contribution in [0, 0.1) is 0 Å². The Morgan fingerprint density at radius 1 is 1.10 bits per heavy atom. The summed E-state index contributed by atoms with van der Waals surface area (Å²) >= 11 is 0. The Bertz CT molecular complexity index is 809. The number of rotatable bonds is 10. The minimum Gasteiger partial charge on any atom is -0.492 e. The summed E-state index contributed by atoms with van der Waals surface area (Å²) < 4.78 is 5.85. The molecule has 1 atom stereocenters. The van der Waals surface area contributed by atoms with Crippen LogP contribution in [0.15, 0.2) is 59.6 Å². The number of benzene rings is 2. The minimum atomic E-state index is 0.534. The van der Waals surface area contributed by atoms with Gasteiger partial charge in [-0.05, 0) is 56.7 Å². The van der Waals surface area contributed by atoms with Crippen molar-refractivity contribution in [2.45, 2.75) is 32.0 Å². The molecule has 2 N–H and O–H groups in total. The van der Waals surface area contributed by atoms with Crippen molar-refractivity contribution in [3.8, 4) is 5.75 Å². The van der Waals surface area contributed by atoms with Gasteiger partial charge < -0.3 is 20.3 Å². The van der Waals surface area contributed by atoms with Gasteiger partial charge in [-0.1, -0.05) is 42.5 Å². The first-order valence-electron chi connectivity index (χ1n) is 11.2. The number of nitrogens with zero attached hydrogens (tertiary/aromatic N) is 3. The summed E-state index contributed by atoms with van der Waals surface area (Å²) in [6, 6.07) is 19.5. The number of ether oxygens (including phenoxy) is 1. The van der Waals surface area contributed by atoms with E-state index in [4.69, 9.17) is 4.74 Å². The second-order valence-corrected chi connectivity index (χ2v) is 8.36. The maximum Gasteiger partial charge on any atom is 0.191 e. The Morgan fingerprint density at radius 2 is 1.90 bits per heavy atom. The van der Waals surface area contributed by atoms with Crippen molar-refractivity contribution in [1.29, 1.82) is 0 Å². The lowest BCUT2D eigenvalue weighted by atomic mass is 10.2. The van der Waals surface area contributed by atoms with Crippen molar-refractivity contribution in [2.75, 3.05) is 47.4 Å². The quantitative estimate of drug-likeness (QED) is 0.455. The molecular formula is C25H37N5O. The smallest absolute Gasteiger partial charge is 0.191 e. The first kappa shape index (κ1) is 23.1. The number of likely N-dealkylation sites (tertiary alicyclic amines) is 1. The summed E-state index contributed by atoms with van der Waals surface area (Å²) in [5, 5.41) is 6.95. The third-order valence-corrected chi connectivity index (χ3v) is 5.62. The molecule has 3 rings (SSSR count). The molecule has 0 spiro atoms. The molecule has 6 heteroatoms. The summed E-state index contributed by atoms with van der Waals surface area (Å²) in [6.45, 7) is 5.38. The molecule has 0 aliphatic carbocycles. The molecule has 1 aliphatic rings. The normalized spacial score (nSPS) is 17.2. The first-order valence-corrected chi connectivity index (χ1v) is 11.2. The molecular weight excluding hydrogens is 386 g/mol. The number of hydrogen-bond donors (Lipinski definition) is 2. The summed E-state index contributed by atoms with van der Waals surface area (Å²) in [5.41, 5.74) is 2.56. The average Bonchev–Trinajstić information content (AvgIpc) is 3.21. The van der Waals surface area contributed by atoms with Gasteiger partial charge >= 0.3 is 0 Å². The Morgan fingerprint density at radius 3 is 2.68 bits per heavy atom. The number of likely N-dealkylation sites (N-methyl/N-ethyl adjacent to an activating group) is 1. The summed E-state index contributed by atoms with van der Waals surface area (Å²) in [5.74, 6) is 1.75. The monoisotopic (exact) mass is 423 g/mol. The van der Waals surface area contributed by atoms with E-state index < -0.39 is 0 Å². The Kier molecular flexibility index (Phi) is 9.18. The summed E-state index contributed by atoms with van der Waals surface area (Å²) in [6.07, 6.45) is 2.48. The molecule has 31 heavy (non-hydrogen) atoms. The molecule has 0 amide bonds. The molecule has 0 radical (unpaired) electrons. The highest BCUT2D eigenvalue weighted by Gasteiger charge is 2.24. The maximum atomic E-state index is 5.85. The highest BCUT2D eigenvalue weighted by molar-refractivity contribution is 5.79. The van der Waals surface area contributed by atoms with Crippen molar-refractivity contribution in [2.24, 2.45) is 4.99 Å². The van der Waals surface area contributed by atoms with Crippen molar-refractivity contribution in [3.63, 3.8) is 0 Å². The van der Waals surface area contributed by atoms with Crippen LogP contribution in [0.25, 0.3) is 0 Å².